The van der Waals surface area contributed by atoms with E-state index >= 15 is 0 Å². The molecule has 0 unspecified atom stereocenters. The molecule has 0 aliphatic carbocycles. The highest BCUT2D eigenvalue weighted by atomic mass is 35.5. The summed E-state index contributed by atoms with van der Waals surface area (Å²) >= 11 is 0. The molecule has 1 heterocycles. The highest BCUT2D eigenvalue weighted by molar-refractivity contribution is 5.90. The molecule has 0 fully saturated rings. The summed E-state index contributed by atoms with van der Waals surface area (Å²) in [5, 5.41) is 0. The maximum atomic E-state index is 2.31. The molecule has 0 aromatic rings. The van der Waals surface area contributed by atoms with Gasteiger partial charge in [-0.25, -0.2) is 0 Å². The topological polar surface area (TPSA) is 9.49 Å². The van der Waals surface area contributed by atoms with Gasteiger partial charge in [0.05, 0.1) is 14.1 Å². The van der Waals surface area contributed by atoms with Gasteiger partial charge in [0.15, 0.2) is 0 Å². The predicted molar refractivity (Wildman–Crippen MR) is 69.9 cm³/mol. The zero-order chi connectivity index (χ0) is 12.5. The monoisotopic (exact) mass is 259 g/mol. The van der Waals surface area contributed by atoms with Crippen molar-refractivity contribution in [3.8, 4) is 0 Å². The molecule has 1 aliphatic rings. The van der Waals surface area contributed by atoms with Crippen molar-refractivity contribution in [1.29, 1.82) is 0 Å². The third-order valence-electron chi connectivity index (χ3n) is 3.07. The van der Waals surface area contributed by atoms with Gasteiger partial charge in [0.25, 0.3) is 5.84 Å². The summed E-state index contributed by atoms with van der Waals surface area (Å²) in [6, 6.07) is 0. The molecule has 0 amide bonds. The first-order valence-corrected chi connectivity index (χ1v) is 5.92. The summed E-state index contributed by atoms with van der Waals surface area (Å²) in [6.07, 6.45) is 2.31. The summed E-state index contributed by atoms with van der Waals surface area (Å²) < 4.78 is 2.31. The molecule has 0 saturated carbocycles. The standard InChI is InChI=1S/C13H26N3.ClH/c1-13(2,3)11(14(4)5)10-12-15(6)8-9-16(12)7;/h10H,8-9H2,1-7H3;1H/q+1;/p-1. The molecule has 1 rings (SSSR count). The van der Waals surface area contributed by atoms with E-state index in [1.54, 1.807) is 0 Å². The van der Waals surface area contributed by atoms with Crippen molar-refractivity contribution >= 4 is 5.84 Å². The molecule has 100 valence electrons. The van der Waals surface area contributed by atoms with Crippen LogP contribution in [0.15, 0.2) is 11.8 Å². The van der Waals surface area contributed by atoms with Crippen LogP contribution in [0, 0.1) is 5.41 Å². The second kappa shape index (κ2) is 5.76. The lowest BCUT2D eigenvalue weighted by molar-refractivity contribution is -0.485. The van der Waals surface area contributed by atoms with E-state index in [4.69, 9.17) is 0 Å². The summed E-state index contributed by atoms with van der Waals surface area (Å²) in [6.45, 7) is 9.01. The van der Waals surface area contributed by atoms with Crippen molar-refractivity contribution in [3.05, 3.63) is 11.8 Å². The van der Waals surface area contributed by atoms with E-state index < -0.39 is 0 Å². The average Bonchev–Trinajstić information content (AvgIpc) is 2.40. The van der Waals surface area contributed by atoms with Gasteiger partial charge >= 0.3 is 0 Å². The molecule has 0 saturated heterocycles. The Bertz CT molecular complexity index is 324. The molecule has 3 nitrogen and oxygen atoms in total. The van der Waals surface area contributed by atoms with Crippen LogP contribution in [0.4, 0.5) is 0 Å². The molecular weight excluding hydrogens is 234 g/mol. The zero-order valence-electron chi connectivity index (χ0n) is 12.2. The van der Waals surface area contributed by atoms with E-state index in [2.05, 4.69) is 69.4 Å². The first-order valence-electron chi connectivity index (χ1n) is 5.92. The molecule has 0 radical (unpaired) electrons. The molecule has 0 spiro atoms. The van der Waals surface area contributed by atoms with Crippen LogP contribution in [0.5, 0.6) is 0 Å². The lowest BCUT2D eigenvalue weighted by atomic mass is 9.90. The van der Waals surface area contributed by atoms with Gasteiger partial charge in [-0.2, -0.15) is 0 Å². The van der Waals surface area contributed by atoms with Gasteiger partial charge in [0, 0.05) is 31.3 Å². The summed E-state index contributed by atoms with van der Waals surface area (Å²) in [4.78, 5) is 4.53. The Balaban J connectivity index is 0.00000256. The van der Waals surface area contributed by atoms with Gasteiger partial charge in [0.1, 0.15) is 13.1 Å². The first kappa shape index (κ1) is 16.3. The summed E-state index contributed by atoms with van der Waals surface area (Å²) in [5.74, 6) is 1.32. The Morgan fingerprint density at radius 2 is 1.88 bits per heavy atom. The lowest BCUT2D eigenvalue weighted by Gasteiger charge is -2.29. The van der Waals surface area contributed by atoms with Gasteiger partial charge in [-0.05, 0) is 0 Å². The SMILES string of the molecule is CN1CC[N+](C)=C1/C=C(/N(C)C)C(C)(C)C.[Cl-]. The van der Waals surface area contributed by atoms with E-state index in [-0.39, 0.29) is 17.8 Å². The van der Waals surface area contributed by atoms with Crippen molar-refractivity contribution < 1.29 is 17.0 Å². The second-order valence-corrected chi connectivity index (χ2v) is 5.88. The maximum absolute atomic E-state index is 2.31. The third kappa shape index (κ3) is 3.91. The number of hydrogen-bond donors (Lipinski definition) is 0. The van der Waals surface area contributed by atoms with Crippen LogP contribution in [-0.4, -0.2) is 61.5 Å². The van der Waals surface area contributed by atoms with Crippen molar-refractivity contribution in [2.24, 2.45) is 5.41 Å². The molecule has 0 N–H and O–H groups in total. The number of halogens is 1. The fourth-order valence-corrected chi connectivity index (χ4v) is 2.18. The fraction of sp³-hybridized carbons (Fsp3) is 0.769. The van der Waals surface area contributed by atoms with Crippen LogP contribution in [-0.2, 0) is 0 Å². The molecule has 1 aliphatic heterocycles. The van der Waals surface area contributed by atoms with Crippen LogP contribution in [0.1, 0.15) is 20.8 Å². The minimum atomic E-state index is 0. The first-order chi connectivity index (χ1) is 7.23. The quantitative estimate of drug-likeness (QED) is 0.557. The number of rotatable bonds is 2. The Hall–Kier alpha value is -0.700. The highest BCUT2D eigenvalue weighted by Gasteiger charge is 2.27. The second-order valence-electron chi connectivity index (χ2n) is 5.88. The van der Waals surface area contributed by atoms with E-state index in [1.807, 2.05) is 0 Å². The molecule has 4 heteroatoms. The number of likely N-dealkylation sites (N-methyl/N-ethyl adjacent to an activating group) is 2. The maximum Gasteiger partial charge on any atom is 0.273 e. The number of nitrogens with zero attached hydrogens (tertiary/aromatic N) is 3. The molecule has 0 aromatic heterocycles. The molecule has 17 heavy (non-hydrogen) atoms. The Morgan fingerprint density at radius 1 is 1.35 bits per heavy atom. The molecular formula is C13H26ClN3. The summed E-state index contributed by atoms with van der Waals surface area (Å²) in [5.41, 5.74) is 1.55. The van der Waals surface area contributed by atoms with Crippen molar-refractivity contribution in [2.45, 2.75) is 20.8 Å². The van der Waals surface area contributed by atoms with Gasteiger partial charge in [-0.1, -0.05) is 20.8 Å². The van der Waals surface area contributed by atoms with Crippen LogP contribution in [0.25, 0.3) is 0 Å². The Labute approximate surface area is 112 Å². The Kier molecular flexibility index (Phi) is 5.53. The van der Waals surface area contributed by atoms with Crippen molar-refractivity contribution in [2.75, 3.05) is 41.3 Å². The van der Waals surface area contributed by atoms with Gasteiger partial charge in [0.2, 0.25) is 0 Å². The van der Waals surface area contributed by atoms with Crippen LogP contribution >= 0.6 is 0 Å². The van der Waals surface area contributed by atoms with Crippen LogP contribution < -0.4 is 12.4 Å². The van der Waals surface area contributed by atoms with E-state index in [0.29, 0.717) is 0 Å². The van der Waals surface area contributed by atoms with Gasteiger partial charge in [-0.15, -0.1) is 0 Å². The smallest absolute Gasteiger partial charge is 0.273 e. The largest absolute Gasteiger partial charge is 1.00 e. The molecule has 0 aromatic carbocycles. The minimum Gasteiger partial charge on any atom is -1.00 e. The molecule has 0 atom stereocenters. The summed E-state index contributed by atoms with van der Waals surface area (Å²) in [7, 11) is 8.55. The normalized spacial score (nSPS) is 17.4. The fourth-order valence-electron chi connectivity index (χ4n) is 2.18. The lowest BCUT2D eigenvalue weighted by Crippen LogP contribution is -3.00. The number of allylic oxidation sites excluding steroid dienone is 1. The Morgan fingerprint density at radius 3 is 2.18 bits per heavy atom. The predicted octanol–water partition coefficient (Wildman–Crippen LogP) is -1.53. The molecule has 0 bridgehead atoms. The van der Waals surface area contributed by atoms with Gasteiger partial charge < -0.3 is 17.3 Å². The number of amidine groups is 1. The van der Waals surface area contributed by atoms with E-state index in [1.165, 1.54) is 11.5 Å². The third-order valence-corrected chi connectivity index (χ3v) is 3.07. The van der Waals surface area contributed by atoms with Crippen molar-refractivity contribution in [1.82, 2.24) is 9.80 Å². The minimum absolute atomic E-state index is 0. The van der Waals surface area contributed by atoms with Crippen LogP contribution in [0.3, 0.4) is 0 Å². The number of hydrogen-bond acceptors (Lipinski definition) is 2. The van der Waals surface area contributed by atoms with E-state index in [9.17, 15) is 0 Å². The van der Waals surface area contributed by atoms with Gasteiger partial charge in [-0.3, -0.25) is 9.48 Å². The van der Waals surface area contributed by atoms with E-state index in [0.717, 1.165) is 13.1 Å². The van der Waals surface area contributed by atoms with Crippen LogP contribution in [0.2, 0.25) is 0 Å². The zero-order valence-corrected chi connectivity index (χ0v) is 13.0. The average molecular weight is 260 g/mol. The van der Waals surface area contributed by atoms with Crippen molar-refractivity contribution in [3.63, 3.8) is 0 Å². The highest BCUT2D eigenvalue weighted by Crippen LogP contribution is 2.26.